The second-order valence-corrected chi connectivity index (χ2v) is 13.4. The Hall–Kier alpha value is -7.10. The first kappa shape index (κ1) is 25.0. The summed E-state index contributed by atoms with van der Waals surface area (Å²) in [6.45, 7) is 0. The largest absolute Gasteiger partial charge is 0.455 e. The lowest BCUT2D eigenvalue weighted by molar-refractivity contribution is 0.672. The number of hydrogen-bond donors (Lipinski definition) is 0. The minimum Gasteiger partial charge on any atom is -0.455 e. The SMILES string of the molecule is [2H]c1c([2H])c([2H])c(-c2ccc(N(c3ccc4ccc(-n5c6ccccc6c6ccccc65)cc4c3)c3ccc4oc5c6ccccc6ccc5c4c3)cc2)c([2H])c1[2H]. The molecule has 11 aromatic rings. The van der Waals surface area contributed by atoms with Crippen molar-refractivity contribution >= 4 is 82.4 Å². The highest BCUT2D eigenvalue weighted by atomic mass is 16.3. The van der Waals surface area contributed by atoms with Gasteiger partial charge in [-0.25, -0.2) is 0 Å². The maximum absolute atomic E-state index is 8.60. The highest BCUT2D eigenvalue weighted by molar-refractivity contribution is 6.16. The van der Waals surface area contributed by atoms with Gasteiger partial charge < -0.3 is 13.9 Å². The van der Waals surface area contributed by atoms with Crippen LogP contribution in [0.15, 0.2) is 198 Å². The number of para-hydroxylation sites is 2. The average Bonchev–Trinajstić information content (AvgIpc) is 3.81. The molecule has 0 atom stereocenters. The van der Waals surface area contributed by atoms with E-state index in [1.807, 2.05) is 42.5 Å². The van der Waals surface area contributed by atoms with Crippen LogP contribution in [0.4, 0.5) is 17.1 Å². The molecule has 0 saturated carbocycles. The lowest BCUT2D eigenvalue weighted by Crippen LogP contribution is -2.09. The summed E-state index contributed by atoms with van der Waals surface area (Å²) in [5.41, 5.74) is 8.40. The van der Waals surface area contributed by atoms with Gasteiger partial charge in [0, 0.05) is 49.7 Å². The summed E-state index contributed by atoms with van der Waals surface area (Å²) in [5.74, 6) is 0. The van der Waals surface area contributed by atoms with Crippen LogP contribution in [0.25, 0.3) is 82.1 Å². The Balaban J connectivity index is 1.10. The Kier molecular flexibility index (Phi) is 5.52. The molecular formula is C50H32N2O. The minimum atomic E-state index is -0.408. The second-order valence-electron chi connectivity index (χ2n) is 13.4. The van der Waals surface area contributed by atoms with E-state index in [-0.39, 0.29) is 29.7 Å². The fourth-order valence-corrected chi connectivity index (χ4v) is 7.95. The lowest BCUT2D eigenvalue weighted by atomic mass is 10.0. The highest BCUT2D eigenvalue weighted by Gasteiger charge is 2.18. The molecule has 0 radical (unpaired) electrons. The van der Waals surface area contributed by atoms with Crippen molar-refractivity contribution in [3.63, 3.8) is 0 Å². The van der Waals surface area contributed by atoms with Crippen molar-refractivity contribution in [2.24, 2.45) is 0 Å². The van der Waals surface area contributed by atoms with Gasteiger partial charge in [-0.2, -0.15) is 0 Å². The van der Waals surface area contributed by atoms with Gasteiger partial charge in [-0.05, 0) is 100 Å². The van der Waals surface area contributed by atoms with Gasteiger partial charge in [-0.1, -0.05) is 121 Å². The maximum Gasteiger partial charge on any atom is 0.143 e. The Labute approximate surface area is 313 Å². The van der Waals surface area contributed by atoms with Crippen LogP contribution in [0.2, 0.25) is 0 Å². The topological polar surface area (TPSA) is 21.3 Å². The minimum absolute atomic E-state index is 0.172. The Bertz CT molecular complexity index is 3400. The van der Waals surface area contributed by atoms with Crippen molar-refractivity contribution in [1.82, 2.24) is 4.57 Å². The van der Waals surface area contributed by atoms with E-state index in [0.29, 0.717) is 5.56 Å². The zero-order valence-electron chi connectivity index (χ0n) is 33.4. The number of fused-ring (bicyclic) bond motifs is 9. The Morgan fingerprint density at radius 2 is 1.08 bits per heavy atom. The van der Waals surface area contributed by atoms with Crippen molar-refractivity contribution in [1.29, 1.82) is 0 Å². The van der Waals surface area contributed by atoms with Crippen LogP contribution >= 0.6 is 0 Å². The maximum atomic E-state index is 8.60. The van der Waals surface area contributed by atoms with Gasteiger partial charge in [-0.15, -0.1) is 0 Å². The lowest BCUT2D eigenvalue weighted by Gasteiger charge is -2.26. The molecule has 0 unspecified atom stereocenters. The molecule has 0 fully saturated rings. The summed E-state index contributed by atoms with van der Waals surface area (Å²) in [6.07, 6.45) is 0. The molecule has 0 amide bonds. The van der Waals surface area contributed by atoms with E-state index >= 15 is 0 Å². The summed E-state index contributed by atoms with van der Waals surface area (Å²) in [5, 5.41) is 8.79. The van der Waals surface area contributed by atoms with Crippen molar-refractivity contribution < 1.29 is 11.3 Å². The molecule has 0 spiro atoms. The molecule has 53 heavy (non-hydrogen) atoms. The van der Waals surface area contributed by atoms with E-state index in [2.05, 4.69) is 131 Å². The zero-order valence-corrected chi connectivity index (χ0v) is 28.4. The highest BCUT2D eigenvalue weighted by Crippen LogP contribution is 2.42. The fraction of sp³-hybridized carbons (Fsp3) is 0. The molecule has 0 aliphatic rings. The van der Waals surface area contributed by atoms with Gasteiger partial charge in [-0.3, -0.25) is 0 Å². The third kappa shape index (κ3) is 4.75. The molecule has 0 bridgehead atoms. The summed E-state index contributed by atoms with van der Waals surface area (Å²) in [7, 11) is 0. The molecule has 9 aromatic carbocycles. The standard InChI is InChI=1S/C50H32N2O/c1-2-10-33(11-3-1)34-18-23-38(24-19-34)51(41-27-29-49-46(32-41)45-28-22-36-12-4-5-13-42(36)50(45)53-49)39-25-20-35-21-26-40(31-37(35)30-39)52-47-16-8-6-14-43(47)44-15-7-9-17-48(44)52/h1-32H/i1D,2D,3D,10D,11D. The van der Waals surface area contributed by atoms with Gasteiger partial charge >= 0.3 is 0 Å². The molecule has 0 aliphatic heterocycles. The normalized spacial score (nSPS) is 13.1. The van der Waals surface area contributed by atoms with E-state index in [1.54, 1.807) is 0 Å². The first-order valence-electron chi connectivity index (χ1n) is 20.2. The van der Waals surface area contributed by atoms with Crippen LogP contribution in [0, 0.1) is 0 Å². The van der Waals surface area contributed by atoms with Gasteiger partial charge in [0.2, 0.25) is 0 Å². The fourth-order valence-electron chi connectivity index (χ4n) is 7.95. The van der Waals surface area contributed by atoms with Gasteiger partial charge in [0.05, 0.1) is 17.9 Å². The number of nitrogens with zero attached hydrogens (tertiary/aromatic N) is 2. The van der Waals surface area contributed by atoms with Crippen LogP contribution in [0.5, 0.6) is 0 Å². The van der Waals surface area contributed by atoms with E-state index in [9.17, 15) is 0 Å². The summed E-state index contributed by atoms with van der Waals surface area (Å²) in [6, 6.07) is 54.8. The van der Waals surface area contributed by atoms with Crippen LogP contribution in [-0.4, -0.2) is 4.57 Å². The Morgan fingerprint density at radius 3 is 1.87 bits per heavy atom. The monoisotopic (exact) mass is 681 g/mol. The summed E-state index contributed by atoms with van der Waals surface area (Å²) in [4.78, 5) is 2.19. The van der Waals surface area contributed by atoms with Crippen LogP contribution in [-0.2, 0) is 0 Å². The van der Waals surface area contributed by atoms with Gasteiger partial charge in [0.1, 0.15) is 11.2 Å². The second kappa shape index (κ2) is 11.7. The van der Waals surface area contributed by atoms with E-state index in [1.165, 1.54) is 10.8 Å². The Morgan fingerprint density at radius 1 is 0.434 bits per heavy atom. The molecule has 3 heteroatoms. The van der Waals surface area contributed by atoms with Crippen molar-refractivity contribution in [2.45, 2.75) is 0 Å². The van der Waals surface area contributed by atoms with Crippen molar-refractivity contribution in [3.8, 4) is 16.8 Å². The van der Waals surface area contributed by atoms with Crippen molar-refractivity contribution in [2.75, 3.05) is 4.90 Å². The van der Waals surface area contributed by atoms with E-state index in [4.69, 9.17) is 11.3 Å². The summed E-state index contributed by atoms with van der Waals surface area (Å²) >= 11 is 0. The number of anilines is 3. The molecule has 0 saturated heterocycles. The first-order valence-corrected chi connectivity index (χ1v) is 17.7. The van der Waals surface area contributed by atoms with Gasteiger partial charge in [0.25, 0.3) is 0 Å². The number of furan rings is 1. The number of hydrogen-bond acceptors (Lipinski definition) is 2. The molecule has 0 aliphatic carbocycles. The van der Waals surface area contributed by atoms with Gasteiger partial charge in [0.15, 0.2) is 0 Å². The molecule has 2 heterocycles. The third-order valence-electron chi connectivity index (χ3n) is 10.4. The molecule has 248 valence electrons. The number of aromatic nitrogens is 1. The number of benzene rings is 9. The van der Waals surface area contributed by atoms with E-state index < -0.39 is 6.04 Å². The predicted molar refractivity (Wildman–Crippen MR) is 223 cm³/mol. The quantitative estimate of drug-likeness (QED) is 0.180. The van der Waals surface area contributed by atoms with Crippen LogP contribution < -0.4 is 4.90 Å². The molecule has 0 N–H and O–H groups in total. The van der Waals surface area contributed by atoms with Crippen molar-refractivity contribution in [3.05, 3.63) is 194 Å². The van der Waals surface area contributed by atoms with Crippen LogP contribution in [0.3, 0.4) is 0 Å². The van der Waals surface area contributed by atoms with Crippen LogP contribution in [0.1, 0.15) is 6.85 Å². The average molecular weight is 682 g/mol. The van der Waals surface area contributed by atoms with E-state index in [0.717, 1.165) is 77.3 Å². The molecule has 3 nitrogen and oxygen atoms in total. The predicted octanol–water partition coefficient (Wildman–Crippen LogP) is 14.1. The molecular weight excluding hydrogens is 645 g/mol. The first-order chi connectivity index (χ1) is 28.3. The number of rotatable bonds is 5. The zero-order chi connectivity index (χ0) is 39.2. The third-order valence-corrected chi connectivity index (χ3v) is 10.4. The molecule has 11 rings (SSSR count). The smallest absolute Gasteiger partial charge is 0.143 e. The molecule has 2 aromatic heterocycles. The summed E-state index contributed by atoms with van der Waals surface area (Å²) < 4.78 is 50.6.